The predicted molar refractivity (Wildman–Crippen MR) is 201 cm³/mol. The van der Waals surface area contributed by atoms with Crippen molar-refractivity contribution >= 4 is 11.9 Å². The Morgan fingerprint density at radius 3 is 2.29 bits per heavy atom. The number of esters is 2. The highest BCUT2D eigenvalue weighted by Gasteiger charge is 2.76. The van der Waals surface area contributed by atoms with Gasteiger partial charge >= 0.3 is 11.9 Å². The fourth-order valence-corrected chi connectivity index (χ4v) is 13.6. The Bertz CT molecular complexity index is 1430. The van der Waals surface area contributed by atoms with Crippen molar-refractivity contribution in [2.75, 3.05) is 13.7 Å². The van der Waals surface area contributed by atoms with Gasteiger partial charge < -0.3 is 19.3 Å². The van der Waals surface area contributed by atoms with Crippen molar-refractivity contribution in [3.05, 3.63) is 24.8 Å². The molecule has 52 heavy (non-hydrogen) atoms. The highest BCUT2D eigenvalue weighted by Crippen LogP contribution is 2.77. The van der Waals surface area contributed by atoms with Gasteiger partial charge in [-0.1, -0.05) is 71.4 Å². The molecular weight excluding hydrogens is 654 g/mol. The van der Waals surface area contributed by atoms with Gasteiger partial charge in [0.25, 0.3) is 0 Å². The van der Waals surface area contributed by atoms with Gasteiger partial charge in [-0.3, -0.25) is 14.3 Å². The number of fused-ring (bicyclic) bond motifs is 7. The summed E-state index contributed by atoms with van der Waals surface area (Å²) in [5.74, 6) is 0.477. The number of rotatable bonds is 15. The number of aromatic nitrogens is 3. The van der Waals surface area contributed by atoms with Gasteiger partial charge in [-0.05, 0) is 119 Å². The number of allylic oxidation sites excluding steroid dienone is 1. The number of aliphatic hydroxyl groups excluding tert-OH is 1. The van der Waals surface area contributed by atoms with E-state index >= 15 is 0 Å². The van der Waals surface area contributed by atoms with E-state index in [9.17, 15) is 14.7 Å². The average Bonchev–Trinajstić information content (AvgIpc) is 3.80. The number of nitrogens with zero attached hydrogens (tertiary/aromatic N) is 3. The van der Waals surface area contributed by atoms with Gasteiger partial charge in [0.1, 0.15) is 12.7 Å². The van der Waals surface area contributed by atoms with Crippen LogP contribution >= 0.6 is 0 Å². The van der Waals surface area contributed by atoms with Crippen LogP contribution in [0.15, 0.2) is 24.8 Å². The van der Waals surface area contributed by atoms with E-state index < -0.39 is 17.1 Å². The fourth-order valence-electron chi connectivity index (χ4n) is 13.6. The number of hydrogen-bond donors (Lipinski definition) is 1. The minimum Gasteiger partial charge on any atom is -0.469 e. The van der Waals surface area contributed by atoms with E-state index in [1.807, 2.05) is 4.68 Å². The van der Waals surface area contributed by atoms with Gasteiger partial charge in [-0.15, -0.1) is 0 Å². The molecule has 9 nitrogen and oxygen atoms in total. The van der Waals surface area contributed by atoms with Crippen LogP contribution in [-0.2, 0) is 30.3 Å². The molecular formula is C43H69N3O6. The number of aliphatic hydroxyl groups is 1. The largest absolute Gasteiger partial charge is 0.469 e. The predicted octanol–water partition coefficient (Wildman–Crippen LogP) is 8.49. The molecule has 0 bridgehead atoms. The van der Waals surface area contributed by atoms with E-state index in [1.54, 1.807) is 12.7 Å². The molecule has 2 unspecified atom stereocenters. The Hall–Kier alpha value is -2.26. The third kappa shape index (κ3) is 6.60. The van der Waals surface area contributed by atoms with Crippen LogP contribution in [0.4, 0.5) is 0 Å². The molecule has 4 saturated carbocycles. The molecule has 0 aromatic carbocycles. The molecule has 9 heteroatoms. The second-order valence-corrected chi connectivity index (χ2v) is 19.0. The molecule has 1 N–H and O–H groups in total. The zero-order valence-electron chi connectivity index (χ0n) is 33.5. The number of carbonyl (C=O) groups excluding carboxylic acids is 2. The number of unbranched alkanes of at least 4 members (excludes halogenated alkanes) is 7. The van der Waals surface area contributed by atoms with Crippen molar-refractivity contribution in [1.82, 2.24) is 14.8 Å². The number of ether oxygens (including phenoxy) is 3. The SMILES string of the molecule is C=C(C)[C@@H]1CC[C@]2(C(=O)OCCCCCCCCCCn3cncn3)CC[C@]3(C)[C@H](C[C@@H](O)[C@@H]4[C@@]5(C)C(CC(=O)OC)OC(C)(C)C5CC[C@]43C)[C@@H]12. The first-order chi connectivity index (χ1) is 24.7. The molecule has 292 valence electrons. The standard InChI is InChI=1S/C43H69N3O6/c1-29(2)30-17-20-43(38(49)51-24-16-14-12-10-9-11-13-15-23-46-28-44-27-45-46)22-21-40(5)31(36(30)43)25-32(47)37-41(40,6)19-18-33-39(3,4)52-34(42(33,37)7)26-35(48)50-8/h27-28,30-34,36-37,47H,1,9-26H2,2-8H3/t30-,31+,32+,33?,34?,36+,37-,40+,41+,42+,43-/m0/s1. The van der Waals surface area contributed by atoms with Gasteiger partial charge in [0.15, 0.2) is 0 Å². The molecule has 11 atom stereocenters. The van der Waals surface area contributed by atoms with E-state index in [2.05, 4.69) is 58.2 Å². The van der Waals surface area contributed by atoms with Crippen LogP contribution < -0.4 is 0 Å². The van der Waals surface area contributed by atoms with Crippen LogP contribution in [0.3, 0.4) is 0 Å². The second kappa shape index (κ2) is 15.1. The lowest BCUT2D eigenvalue weighted by molar-refractivity contribution is -0.255. The summed E-state index contributed by atoms with van der Waals surface area (Å²) in [7, 11) is 1.45. The van der Waals surface area contributed by atoms with E-state index in [-0.39, 0.29) is 70.3 Å². The Morgan fingerprint density at radius 2 is 1.63 bits per heavy atom. The van der Waals surface area contributed by atoms with Crippen LogP contribution in [0.5, 0.6) is 0 Å². The summed E-state index contributed by atoms with van der Waals surface area (Å²) in [4.78, 5) is 31.1. The molecule has 6 rings (SSSR count). The fraction of sp³-hybridized carbons (Fsp3) is 0.860. The number of methoxy groups -OCH3 is 1. The van der Waals surface area contributed by atoms with E-state index in [1.165, 1.54) is 39.2 Å². The Kier molecular flexibility index (Phi) is 11.5. The van der Waals surface area contributed by atoms with E-state index in [0.29, 0.717) is 13.0 Å². The minimum atomic E-state index is -0.555. The van der Waals surface area contributed by atoms with E-state index in [4.69, 9.17) is 14.2 Å². The smallest absolute Gasteiger partial charge is 0.312 e. The summed E-state index contributed by atoms with van der Waals surface area (Å²) in [6, 6.07) is 0. The Morgan fingerprint density at radius 1 is 0.942 bits per heavy atom. The van der Waals surface area contributed by atoms with Crippen molar-refractivity contribution in [2.24, 2.45) is 51.2 Å². The average molecular weight is 724 g/mol. The Balaban J connectivity index is 1.11. The Labute approximate surface area is 313 Å². The molecule has 1 aromatic heterocycles. The number of carbonyl (C=O) groups is 2. The molecule has 0 spiro atoms. The van der Waals surface area contributed by atoms with Crippen LogP contribution in [0.25, 0.3) is 0 Å². The number of hydrogen-bond acceptors (Lipinski definition) is 8. The van der Waals surface area contributed by atoms with Crippen molar-refractivity contribution in [1.29, 1.82) is 0 Å². The van der Waals surface area contributed by atoms with Crippen molar-refractivity contribution in [2.45, 2.75) is 169 Å². The van der Waals surface area contributed by atoms with Gasteiger partial charge in [0, 0.05) is 12.0 Å². The lowest BCUT2D eigenvalue weighted by atomic mass is 9.33. The van der Waals surface area contributed by atoms with Crippen LogP contribution in [0, 0.1) is 51.2 Å². The molecule has 0 amide bonds. The number of aryl methyl sites for hydroxylation is 1. The second-order valence-electron chi connectivity index (χ2n) is 19.0. The minimum absolute atomic E-state index is 0.00259. The van der Waals surface area contributed by atoms with Gasteiger partial charge in [0.05, 0.1) is 43.4 Å². The molecule has 2 heterocycles. The summed E-state index contributed by atoms with van der Waals surface area (Å²) in [5.41, 5.74) is -0.411. The summed E-state index contributed by atoms with van der Waals surface area (Å²) >= 11 is 0. The first-order valence-corrected chi connectivity index (χ1v) is 20.7. The quantitative estimate of drug-likeness (QED) is 0.109. The molecule has 1 saturated heterocycles. The normalized spacial score (nSPS) is 40.3. The molecule has 0 radical (unpaired) electrons. The van der Waals surface area contributed by atoms with Crippen molar-refractivity contribution in [3.8, 4) is 0 Å². The lowest BCUT2D eigenvalue weighted by Gasteiger charge is -2.71. The van der Waals surface area contributed by atoms with Crippen molar-refractivity contribution in [3.63, 3.8) is 0 Å². The summed E-state index contributed by atoms with van der Waals surface area (Å²) in [5, 5.41) is 16.7. The summed E-state index contributed by atoms with van der Waals surface area (Å²) < 4.78 is 20.0. The first kappa shape index (κ1) is 39.4. The van der Waals surface area contributed by atoms with Crippen molar-refractivity contribution < 1.29 is 28.9 Å². The van der Waals surface area contributed by atoms with Crippen LogP contribution in [-0.4, -0.2) is 63.3 Å². The molecule has 5 fully saturated rings. The zero-order valence-corrected chi connectivity index (χ0v) is 33.5. The molecule has 1 aromatic rings. The topological polar surface area (TPSA) is 113 Å². The monoisotopic (exact) mass is 724 g/mol. The molecule has 4 aliphatic carbocycles. The molecule has 5 aliphatic rings. The van der Waals surface area contributed by atoms with Gasteiger partial charge in [0.2, 0.25) is 0 Å². The van der Waals surface area contributed by atoms with E-state index in [0.717, 1.165) is 69.9 Å². The van der Waals surface area contributed by atoms with Crippen LogP contribution in [0.1, 0.15) is 144 Å². The summed E-state index contributed by atoms with van der Waals surface area (Å²) in [6.07, 6.45) is 18.2. The maximum absolute atomic E-state index is 14.4. The van der Waals surface area contributed by atoms with Gasteiger partial charge in [-0.25, -0.2) is 4.98 Å². The maximum Gasteiger partial charge on any atom is 0.312 e. The van der Waals surface area contributed by atoms with Gasteiger partial charge in [-0.2, -0.15) is 5.10 Å². The molecule has 1 aliphatic heterocycles. The third-order valence-corrected chi connectivity index (χ3v) is 16.1. The lowest BCUT2D eigenvalue weighted by Crippen LogP contribution is -2.69. The highest BCUT2D eigenvalue weighted by atomic mass is 16.5. The van der Waals surface area contributed by atoms with Crippen LogP contribution in [0.2, 0.25) is 0 Å². The zero-order chi connectivity index (χ0) is 37.5. The third-order valence-electron chi connectivity index (χ3n) is 16.1. The maximum atomic E-state index is 14.4. The summed E-state index contributed by atoms with van der Waals surface area (Å²) in [6.45, 7) is 19.6. The first-order valence-electron chi connectivity index (χ1n) is 20.7. The highest BCUT2D eigenvalue weighted by molar-refractivity contribution is 5.78.